The Bertz CT molecular complexity index is 986. The Labute approximate surface area is 183 Å². The molecule has 10 heteroatoms. The number of carbonyl (C=O) groups excluding carboxylic acids is 1. The maximum atomic E-state index is 13.0. The van der Waals surface area contributed by atoms with Gasteiger partial charge in [-0.2, -0.15) is 4.31 Å². The van der Waals surface area contributed by atoms with Gasteiger partial charge in [0.15, 0.2) is 0 Å². The van der Waals surface area contributed by atoms with Crippen LogP contribution < -0.4 is 10.5 Å². The molecule has 2 rings (SSSR count). The van der Waals surface area contributed by atoms with Gasteiger partial charge in [0.2, 0.25) is 15.9 Å². The minimum absolute atomic E-state index is 0.0903. The fraction of sp³-hybridized carbons (Fsp3) is 0.429. The number of rotatable bonds is 10. The van der Waals surface area contributed by atoms with E-state index in [0.29, 0.717) is 29.2 Å². The van der Waals surface area contributed by atoms with E-state index < -0.39 is 10.0 Å². The zero-order valence-electron chi connectivity index (χ0n) is 18.6. The Hall–Kier alpha value is -2.69. The van der Waals surface area contributed by atoms with Gasteiger partial charge in [0.25, 0.3) is 0 Å². The molecule has 0 spiro atoms. The number of pyridine rings is 1. The van der Waals surface area contributed by atoms with Gasteiger partial charge in [-0.1, -0.05) is 6.07 Å². The highest BCUT2D eigenvalue weighted by Gasteiger charge is 2.25. The third-order valence-corrected chi connectivity index (χ3v) is 6.97. The Morgan fingerprint density at radius 3 is 2.35 bits per heavy atom. The van der Waals surface area contributed by atoms with Crippen molar-refractivity contribution in [2.75, 3.05) is 46.7 Å². The van der Waals surface area contributed by atoms with Crippen LogP contribution in [0.25, 0.3) is 0 Å². The van der Waals surface area contributed by atoms with Crippen LogP contribution in [0.3, 0.4) is 0 Å². The van der Waals surface area contributed by atoms with Crippen LogP contribution in [0, 0.1) is 13.8 Å². The lowest BCUT2D eigenvalue weighted by atomic mass is 10.1. The molecule has 0 saturated heterocycles. The van der Waals surface area contributed by atoms with E-state index in [1.54, 1.807) is 51.4 Å². The van der Waals surface area contributed by atoms with Crippen LogP contribution in [0.1, 0.15) is 16.7 Å². The molecule has 0 aliphatic carbocycles. The third kappa shape index (κ3) is 6.39. The van der Waals surface area contributed by atoms with Crippen molar-refractivity contribution in [2.45, 2.75) is 25.3 Å². The van der Waals surface area contributed by atoms with Crippen molar-refractivity contribution in [3.63, 3.8) is 0 Å². The molecule has 0 fully saturated rings. The molecule has 170 valence electrons. The number of nitrogen functional groups attached to an aromatic ring is 1. The first-order valence-corrected chi connectivity index (χ1v) is 11.1. The number of methoxy groups -OCH3 is 1. The van der Waals surface area contributed by atoms with Crippen LogP contribution in [0.5, 0.6) is 5.75 Å². The number of amides is 1. The van der Waals surface area contributed by atoms with Gasteiger partial charge in [0.05, 0.1) is 18.6 Å². The number of benzene rings is 1. The van der Waals surface area contributed by atoms with Gasteiger partial charge in [-0.3, -0.25) is 4.79 Å². The molecule has 2 N–H and O–H groups in total. The standard InChI is InChI=1S/C21H30N4O5S/c1-15-10-18(29-5)11-16(2)21(15)31(27,28)25(4)8-9-30-14-20(26)24(3)13-17-6-7-19(22)23-12-17/h6-7,10-12H,8-9,13-14H2,1-5H3,(H2,22,23). The molecule has 0 radical (unpaired) electrons. The first-order chi connectivity index (χ1) is 14.6. The molecular formula is C21H30N4O5S. The summed E-state index contributed by atoms with van der Waals surface area (Å²) in [7, 11) is 0.988. The fourth-order valence-electron chi connectivity index (χ4n) is 3.07. The van der Waals surface area contributed by atoms with E-state index in [1.165, 1.54) is 23.4 Å². The number of carbonyl (C=O) groups is 1. The predicted octanol–water partition coefficient (Wildman–Crippen LogP) is 1.58. The Morgan fingerprint density at radius 1 is 1.16 bits per heavy atom. The Kier molecular flexibility index (Phi) is 8.37. The van der Waals surface area contributed by atoms with Gasteiger partial charge in [-0.25, -0.2) is 13.4 Å². The molecule has 1 aromatic heterocycles. The van der Waals surface area contributed by atoms with E-state index >= 15 is 0 Å². The van der Waals surface area contributed by atoms with Gasteiger partial charge in [0.1, 0.15) is 18.2 Å². The maximum absolute atomic E-state index is 13.0. The highest BCUT2D eigenvalue weighted by Crippen LogP contribution is 2.27. The number of ether oxygens (including phenoxy) is 2. The lowest BCUT2D eigenvalue weighted by Gasteiger charge is -2.21. The van der Waals surface area contributed by atoms with Crippen LogP contribution in [0.4, 0.5) is 5.82 Å². The third-order valence-electron chi connectivity index (χ3n) is 4.81. The molecule has 0 bridgehead atoms. The zero-order valence-corrected chi connectivity index (χ0v) is 19.4. The highest BCUT2D eigenvalue weighted by atomic mass is 32.2. The van der Waals surface area contributed by atoms with Gasteiger partial charge in [-0.15, -0.1) is 0 Å². The number of nitrogens with zero attached hydrogens (tertiary/aromatic N) is 3. The normalized spacial score (nSPS) is 11.5. The lowest BCUT2D eigenvalue weighted by Crippen LogP contribution is -2.33. The van der Waals surface area contributed by atoms with Crippen molar-refractivity contribution in [2.24, 2.45) is 0 Å². The van der Waals surface area contributed by atoms with Gasteiger partial charge in [-0.05, 0) is 48.7 Å². The molecular weight excluding hydrogens is 420 g/mol. The predicted molar refractivity (Wildman–Crippen MR) is 118 cm³/mol. The fourth-order valence-corrected chi connectivity index (χ4v) is 4.62. The summed E-state index contributed by atoms with van der Waals surface area (Å²) < 4.78 is 37.8. The van der Waals surface area contributed by atoms with E-state index in [-0.39, 0.29) is 30.6 Å². The molecule has 31 heavy (non-hydrogen) atoms. The Balaban J connectivity index is 1.87. The molecule has 0 aliphatic heterocycles. The second-order valence-corrected chi connectivity index (χ2v) is 9.29. The van der Waals surface area contributed by atoms with Crippen molar-refractivity contribution in [1.29, 1.82) is 0 Å². The first-order valence-electron chi connectivity index (χ1n) is 9.70. The molecule has 9 nitrogen and oxygen atoms in total. The molecule has 2 aromatic rings. The Morgan fingerprint density at radius 2 is 1.81 bits per heavy atom. The molecule has 0 saturated carbocycles. The van der Waals surface area contributed by atoms with Gasteiger partial charge in [0, 0.05) is 33.4 Å². The minimum Gasteiger partial charge on any atom is -0.497 e. The van der Waals surface area contributed by atoms with Crippen LogP contribution >= 0.6 is 0 Å². The summed E-state index contributed by atoms with van der Waals surface area (Å²) in [5.41, 5.74) is 7.62. The average Bonchev–Trinajstić information content (AvgIpc) is 2.71. The number of nitrogens with two attached hydrogens (primary N) is 1. The van der Waals surface area contributed by atoms with Crippen LogP contribution in [0.15, 0.2) is 35.4 Å². The van der Waals surface area contributed by atoms with Gasteiger partial charge < -0.3 is 20.1 Å². The van der Waals surface area contributed by atoms with Crippen molar-refractivity contribution < 1.29 is 22.7 Å². The smallest absolute Gasteiger partial charge is 0.248 e. The number of hydrogen-bond acceptors (Lipinski definition) is 7. The molecule has 1 heterocycles. The summed E-state index contributed by atoms with van der Waals surface area (Å²) in [4.78, 5) is 18.0. The number of likely N-dealkylation sites (N-methyl/N-ethyl adjacent to an activating group) is 2. The van der Waals surface area contributed by atoms with Crippen LogP contribution in [-0.2, 0) is 26.1 Å². The zero-order chi connectivity index (χ0) is 23.2. The van der Waals surface area contributed by atoms with Crippen molar-refractivity contribution in [1.82, 2.24) is 14.2 Å². The lowest BCUT2D eigenvalue weighted by molar-refractivity contribution is -0.135. The summed E-state index contributed by atoms with van der Waals surface area (Å²) in [6, 6.07) is 6.85. The van der Waals surface area contributed by atoms with Crippen molar-refractivity contribution in [3.8, 4) is 5.75 Å². The molecule has 1 aromatic carbocycles. The van der Waals surface area contributed by atoms with Crippen LogP contribution in [0.2, 0.25) is 0 Å². The SMILES string of the molecule is COc1cc(C)c(S(=O)(=O)N(C)CCOCC(=O)N(C)Cc2ccc(N)nc2)c(C)c1. The number of anilines is 1. The monoisotopic (exact) mass is 450 g/mol. The van der Waals surface area contributed by atoms with E-state index in [2.05, 4.69) is 4.98 Å². The number of aromatic nitrogens is 1. The maximum Gasteiger partial charge on any atom is 0.248 e. The van der Waals surface area contributed by atoms with Crippen LogP contribution in [-0.4, -0.2) is 69.5 Å². The van der Waals surface area contributed by atoms with E-state index in [0.717, 1.165) is 5.56 Å². The topological polar surface area (TPSA) is 115 Å². The van der Waals surface area contributed by atoms with E-state index in [9.17, 15) is 13.2 Å². The highest BCUT2D eigenvalue weighted by molar-refractivity contribution is 7.89. The first kappa shape index (κ1) is 24.6. The van der Waals surface area contributed by atoms with Crippen molar-refractivity contribution >= 4 is 21.7 Å². The summed E-state index contributed by atoms with van der Waals surface area (Å²) >= 11 is 0. The van der Waals surface area contributed by atoms with Gasteiger partial charge >= 0.3 is 0 Å². The minimum atomic E-state index is -3.70. The second kappa shape index (κ2) is 10.6. The summed E-state index contributed by atoms with van der Waals surface area (Å²) in [5.74, 6) is 0.807. The molecule has 0 unspecified atom stereocenters. The molecule has 1 amide bonds. The molecule has 0 aliphatic rings. The average molecular weight is 451 g/mol. The second-order valence-electron chi connectivity index (χ2n) is 7.31. The summed E-state index contributed by atoms with van der Waals surface area (Å²) in [6.07, 6.45) is 1.61. The number of sulfonamides is 1. The molecule has 0 atom stereocenters. The summed E-state index contributed by atoms with van der Waals surface area (Å²) in [5, 5.41) is 0. The summed E-state index contributed by atoms with van der Waals surface area (Å²) in [6.45, 7) is 3.90. The van der Waals surface area contributed by atoms with Crippen molar-refractivity contribution in [3.05, 3.63) is 47.2 Å². The number of hydrogen-bond donors (Lipinski definition) is 1. The van der Waals surface area contributed by atoms with E-state index in [4.69, 9.17) is 15.2 Å². The quantitative estimate of drug-likeness (QED) is 0.547. The number of aryl methyl sites for hydroxylation is 2. The largest absolute Gasteiger partial charge is 0.497 e. The van der Waals surface area contributed by atoms with E-state index in [1.807, 2.05) is 0 Å².